The highest BCUT2D eigenvalue weighted by atomic mass is 32.2. The Hall–Kier alpha value is -2.59. The molecule has 2 heterocycles. The van der Waals surface area contributed by atoms with Crippen molar-refractivity contribution in [2.24, 2.45) is 40.4 Å². The van der Waals surface area contributed by atoms with Crippen LogP contribution in [0, 0.1) is 46.4 Å². The first-order valence-corrected chi connectivity index (χ1v) is 15.9. The number of aromatic nitrogens is 3. The second kappa shape index (κ2) is 10.3. The minimum Gasteiger partial charge on any atom is -0.449 e. The molecule has 2 aromatic heterocycles. The van der Waals surface area contributed by atoms with Crippen molar-refractivity contribution in [2.75, 3.05) is 6.01 Å². The van der Waals surface area contributed by atoms with E-state index >= 15 is 0 Å². The van der Waals surface area contributed by atoms with Crippen molar-refractivity contribution in [2.45, 2.75) is 78.4 Å². The van der Waals surface area contributed by atoms with E-state index in [0.29, 0.717) is 36.7 Å². The Morgan fingerprint density at radius 2 is 1.98 bits per heavy atom. The Balaban J connectivity index is 1.41. The number of aliphatic hydroxyl groups excluding tert-OH is 1. The van der Waals surface area contributed by atoms with Crippen molar-refractivity contribution < 1.29 is 28.2 Å². The van der Waals surface area contributed by atoms with Gasteiger partial charge in [-0.3, -0.25) is 9.59 Å². The topological polar surface area (TPSA) is 94.3 Å². The summed E-state index contributed by atoms with van der Waals surface area (Å²) < 4.78 is 35.0. The van der Waals surface area contributed by atoms with Gasteiger partial charge >= 0.3 is 5.97 Å². The number of fused-ring (bicyclic) bond motifs is 6. The van der Waals surface area contributed by atoms with Crippen molar-refractivity contribution in [1.82, 2.24) is 14.8 Å². The van der Waals surface area contributed by atoms with Gasteiger partial charge in [0.15, 0.2) is 5.60 Å². The summed E-state index contributed by atoms with van der Waals surface area (Å²) in [5.41, 5.74) is 1.28. The summed E-state index contributed by atoms with van der Waals surface area (Å²) in [6, 6.07) is 2.10. The number of carbonyl (C=O) groups excluding carboxylic acids is 2. The molecule has 4 aliphatic carbocycles. The molecular formula is C32H39F2N3O4S. The van der Waals surface area contributed by atoms with Crippen LogP contribution in [-0.2, 0) is 20.7 Å². The van der Waals surface area contributed by atoms with Gasteiger partial charge in [-0.15, -0.1) is 0 Å². The van der Waals surface area contributed by atoms with Crippen molar-refractivity contribution in [1.29, 1.82) is 0 Å². The summed E-state index contributed by atoms with van der Waals surface area (Å²) in [6.07, 6.45) is 7.37. The summed E-state index contributed by atoms with van der Waals surface area (Å²) in [5.74, 6) is -1.11. The first kappa shape index (κ1) is 29.5. The van der Waals surface area contributed by atoms with E-state index < -0.39 is 40.2 Å². The van der Waals surface area contributed by atoms with Crippen LogP contribution in [0.2, 0.25) is 0 Å². The molecule has 0 bridgehead atoms. The van der Waals surface area contributed by atoms with Crippen molar-refractivity contribution in [3.8, 4) is 5.69 Å². The third kappa shape index (κ3) is 4.00. The zero-order valence-electron chi connectivity index (χ0n) is 24.8. The maximum absolute atomic E-state index is 13.7. The lowest BCUT2D eigenvalue weighted by atomic mass is 9.44. The van der Waals surface area contributed by atoms with Crippen molar-refractivity contribution in [3.05, 3.63) is 47.3 Å². The molecule has 7 nitrogen and oxygen atoms in total. The zero-order valence-corrected chi connectivity index (χ0v) is 25.6. The Bertz CT molecular complexity index is 1450. The van der Waals surface area contributed by atoms with E-state index in [1.54, 1.807) is 17.7 Å². The number of carbonyl (C=O) groups is 2. The monoisotopic (exact) mass is 599 g/mol. The van der Waals surface area contributed by atoms with Gasteiger partial charge < -0.3 is 9.84 Å². The van der Waals surface area contributed by atoms with Gasteiger partial charge in [0.2, 0.25) is 11.1 Å². The molecule has 0 aliphatic heterocycles. The molecule has 9 atom stereocenters. The highest BCUT2D eigenvalue weighted by Crippen LogP contribution is 2.70. The summed E-state index contributed by atoms with van der Waals surface area (Å²) in [4.78, 5) is 30.3. The van der Waals surface area contributed by atoms with Crippen LogP contribution in [0.25, 0.3) is 11.8 Å². The number of alkyl halides is 1. The Labute approximate surface area is 249 Å². The average Bonchev–Trinajstić information content (AvgIpc) is 3.43. The van der Waals surface area contributed by atoms with E-state index in [-0.39, 0.29) is 41.4 Å². The van der Waals surface area contributed by atoms with Gasteiger partial charge in [-0.2, -0.15) is 9.49 Å². The maximum Gasteiger partial charge on any atom is 0.306 e. The standard InChI is InChI=1S/C32H39F2N3O4S/c1-6-27(39)41-32(29(40)42-16-33)18(3)10-23-21-9-17(2)22-11-24-19(14-36-37(24)20-7-8-26(34)35-15-20)12-30(22,4)28(21)25(38)13-31(23,32)5/h7-8,11,14-15,17-18,21,23,25,28,38H,6,9-10,12-13,16H2,1-5H3/t17-,18+,21-,23-,25-,28+,30-,31-,32-/m0/s1. The van der Waals surface area contributed by atoms with Crippen LogP contribution in [0.4, 0.5) is 8.78 Å². The molecule has 6 rings (SSSR count). The van der Waals surface area contributed by atoms with Gasteiger partial charge in [0.25, 0.3) is 0 Å². The number of thioether (sulfide) groups is 1. The molecule has 3 saturated carbocycles. The number of hydrogen-bond acceptors (Lipinski definition) is 7. The normalized spacial score (nSPS) is 38.5. The van der Waals surface area contributed by atoms with Crippen LogP contribution >= 0.6 is 11.8 Å². The van der Waals surface area contributed by atoms with Crippen LogP contribution in [-0.4, -0.2) is 48.7 Å². The van der Waals surface area contributed by atoms with Gasteiger partial charge in [-0.1, -0.05) is 40.2 Å². The second-order valence-corrected chi connectivity index (χ2v) is 14.2. The van der Waals surface area contributed by atoms with E-state index in [1.807, 2.05) is 20.0 Å². The SMILES string of the molecule is CCC(=O)O[C@]1(C(=O)SCF)[C@H](C)C[C@H]2[C@@H]3C[C@H](C)C4=Cc5c(cnn5-c5ccc(F)nc5)C[C@]4(C)[C@H]3[C@@H](O)C[C@@]21C. The minimum absolute atomic E-state index is 0.0185. The molecule has 0 radical (unpaired) electrons. The Morgan fingerprint density at radius 3 is 2.64 bits per heavy atom. The fourth-order valence-electron chi connectivity index (χ4n) is 9.74. The molecule has 1 N–H and O–H groups in total. The highest BCUT2D eigenvalue weighted by Gasteiger charge is 2.73. The fraction of sp³-hybridized carbons (Fsp3) is 0.625. The molecule has 3 fully saturated rings. The van der Waals surface area contributed by atoms with Crippen molar-refractivity contribution in [3.63, 3.8) is 0 Å². The van der Waals surface area contributed by atoms with Gasteiger partial charge in [-0.05, 0) is 90.3 Å². The zero-order chi connectivity index (χ0) is 30.2. The summed E-state index contributed by atoms with van der Waals surface area (Å²) in [7, 11) is 0. The first-order chi connectivity index (χ1) is 19.9. The molecule has 4 aliphatic rings. The third-order valence-corrected chi connectivity index (χ3v) is 12.0. The maximum atomic E-state index is 13.7. The van der Waals surface area contributed by atoms with Gasteiger partial charge in [0.1, 0.15) is 6.01 Å². The minimum atomic E-state index is -1.49. The average molecular weight is 600 g/mol. The quantitative estimate of drug-likeness (QED) is 0.336. The number of ether oxygens (including phenoxy) is 1. The van der Waals surface area contributed by atoms with E-state index in [4.69, 9.17) is 4.74 Å². The predicted molar refractivity (Wildman–Crippen MR) is 156 cm³/mol. The fourth-order valence-corrected chi connectivity index (χ4v) is 10.5. The van der Waals surface area contributed by atoms with Crippen LogP contribution in [0.3, 0.4) is 0 Å². The van der Waals surface area contributed by atoms with E-state index in [1.165, 1.54) is 17.8 Å². The van der Waals surface area contributed by atoms with Gasteiger partial charge in [-0.25, -0.2) is 14.1 Å². The molecule has 226 valence electrons. The van der Waals surface area contributed by atoms with Crippen LogP contribution in [0.15, 0.2) is 30.1 Å². The number of hydrogen-bond donors (Lipinski definition) is 1. The molecule has 0 amide bonds. The van der Waals surface area contributed by atoms with E-state index in [9.17, 15) is 23.5 Å². The van der Waals surface area contributed by atoms with E-state index in [0.717, 1.165) is 17.7 Å². The third-order valence-electron chi connectivity index (χ3n) is 11.3. The Kier molecular flexibility index (Phi) is 7.20. The van der Waals surface area contributed by atoms with E-state index in [2.05, 4.69) is 30.0 Å². The number of halogens is 2. The lowest BCUT2D eigenvalue weighted by Crippen LogP contribution is -2.64. The summed E-state index contributed by atoms with van der Waals surface area (Å²) in [6.45, 7) is 10.1. The Morgan fingerprint density at radius 1 is 1.21 bits per heavy atom. The van der Waals surface area contributed by atoms with Crippen LogP contribution in [0.5, 0.6) is 0 Å². The molecule has 0 unspecified atom stereocenters. The van der Waals surface area contributed by atoms with Crippen molar-refractivity contribution >= 4 is 28.9 Å². The second-order valence-electron chi connectivity index (χ2n) is 13.4. The lowest BCUT2D eigenvalue weighted by Gasteiger charge is -2.62. The van der Waals surface area contributed by atoms with Gasteiger partial charge in [0.05, 0.1) is 29.9 Å². The first-order valence-electron chi connectivity index (χ1n) is 14.9. The summed E-state index contributed by atoms with van der Waals surface area (Å²) >= 11 is 0.572. The predicted octanol–water partition coefficient (Wildman–Crippen LogP) is 5.93. The molecule has 0 saturated heterocycles. The number of aliphatic hydroxyl groups is 1. The molecule has 2 aromatic rings. The molecule has 0 spiro atoms. The largest absolute Gasteiger partial charge is 0.449 e. The van der Waals surface area contributed by atoms with Gasteiger partial charge in [0, 0.05) is 17.8 Å². The summed E-state index contributed by atoms with van der Waals surface area (Å²) in [5, 5.41) is 16.2. The number of rotatable bonds is 5. The van der Waals surface area contributed by atoms with Crippen LogP contribution in [0.1, 0.15) is 71.6 Å². The molecule has 0 aromatic carbocycles. The molecular weight excluding hydrogens is 560 g/mol. The highest BCUT2D eigenvalue weighted by molar-refractivity contribution is 8.13. The number of pyridine rings is 1. The van der Waals surface area contributed by atoms with Crippen LogP contribution < -0.4 is 0 Å². The lowest BCUT2D eigenvalue weighted by molar-refractivity contribution is -0.202. The number of allylic oxidation sites excluding steroid dienone is 1. The molecule has 42 heavy (non-hydrogen) atoms. The number of nitrogens with zero attached hydrogens (tertiary/aromatic N) is 3. The molecule has 10 heteroatoms. The smallest absolute Gasteiger partial charge is 0.306 e. The number of esters is 1.